The van der Waals surface area contributed by atoms with E-state index in [1.165, 1.54) is 19.3 Å². The molecule has 3 unspecified atom stereocenters. The van der Waals surface area contributed by atoms with Crippen LogP contribution in [0.15, 0.2) is 60.7 Å². The average Bonchev–Trinajstić information content (AvgIpc) is 3.62. The minimum atomic E-state index is -1.59. The van der Waals surface area contributed by atoms with Crippen molar-refractivity contribution in [3.05, 3.63) is 99.6 Å². The highest BCUT2D eigenvalue weighted by Gasteiger charge is 2.41. The van der Waals surface area contributed by atoms with Crippen LogP contribution < -0.4 is 4.74 Å². The zero-order valence-corrected chi connectivity index (χ0v) is 23.6. The number of hydrogen-bond donors (Lipinski definition) is 3. The van der Waals surface area contributed by atoms with Gasteiger partial charge in [0.1, 0.15) is 11.9 Å². The molecule has 222 valence electrons. The first-order chi connectivity index (χ1) is 20.7. The summed E-state index contributed by atoms with van der Waals surface area (Å²) >= 11 is 0. The largest absolute Gasteiger partial charge is 0.490 e. The lowest BCUT2D eigenvalue weighted by molar-refractivity contribution is 0.0610. The van der Waals surface area contributed by atoms with E-state index in [-0.39, 0.29) is 18.2 Å². The van der Waals surface area contributed by atoms with Crippen LogP contribution >= 0.6 is 0 Å². The molecule has 4 atom stereocenters. The minimum absolute atomic E-state index is 0.119. The van der Waals surface area contributed by atoms with Crippen molar-refractivity contribution in [1.82, 2.24) is 4.90 Å². The van der Waals surface area contributed by atoms with E-state index in [0.29, 0.717) is 12.3 Å². The number of ether oxygens (including phenoxy) is 1. The molecule has 3 N–H and O–H groups in total. The van der Waals surface area contributed by atoms with Crippen molar-refractivity contribution in [2.24, 2.45) is 11.8 Å². The molecule has 0 aliphatic heterocycles. The molecule has 0 saturated heterocycles. The predicted octanol–water partition coefficient (Wildman–Crippen LogP) is 6.07. The van der Waals surface area contributed by atoms with Crippen LogP contribution in [0.5, 0.6) is 5.75 Å². The summed E-state index contributed by atoms with van der Waals surface area (Å²) < 4.78 is 6.40. The van der Waals surface area contributed by atoms with Gasteiger partial charge in [-0.25, -0.2) is 14.4 Å². The average molecular weight is 584 g/mol. The van der Waals surface area contributed by atoms with Crippen LogP contribution in [-0.4, -0.2) is 50.1 Å². The Bertz CT molecular complexity index is 1610. The number of hydrogen-bond acceptors (Lipinski definition) is 5. The fraction of sp³-hybridized carbons (Fsp3) is 0.353. The standard InChI is InChI=1S/C34H33NO8/c36-31(25-16-27(33(39)40)28(34(41)42)17-26(25)32(37)38)35(29-10-4-7-21-6-1-2-9-24(21)29)18-20-5-3-8-23(14-20)43-30-15-19-11-12-22(30)13-19/h1-3,5-6,8-9,14,16-17,19,22,29-30H,4,7,10-13,15,18H2,(H,37,38)(H,39,40)(H,41,42)/t19?,22?,29-,30?/m0/s1. The first kappa shape index (κ1) is 28.5. The van der Waals surface area contributed by atoms with E-state index in [1.807, 2.05) is 48.5 Å². The normalized spacial score (nSPS) is 22.0. The van der Waals surface area contributed by atoms with Crippen LogP contribution in [-0.2, 0) is 13.0 Å². The molecule has 1 amide bonds. The summed E-state index contributed by atoms with van der Waals surface area (Å²) in [4.78, 5) is 52.0. The van der Waals surface area contributed by atoms with Crippen molar-refractivity contribution >= 4 is 23.8 Å². The highest BCUT2D eigenvalue weighted by molar-refractivity contribution is 6.10. The van der Waals surface area contributed by atoms with Gasteiger partial charge in [0.2, 0.25) is 0 Å². The third-order valence-corrected chi connectivity index (χ3v) is 9.27. The number of carboxylic acid groups (broad SMARTS) is 3. The first-order valence-electron chi connectivity index (χ1n) is 14.7. The van der Waals surface area contributed by atoms with Crippen molar-refractivity contribution in [2.45, 2.75) is 63.6 Å². The van der Waals surface area contributed by atoms with E-state index in [4.69, 9.17) is 4.74 Å². The van der Waals surface area contributed by atoms with Gasteiger partial charge in [-0.2, -0.15) is 0 Å². The molecule has 0 spiro atoms. The van der Waals surface area contributed by atoms with Crippen molar-refractivity contribution in [3.63, 3.8) is 0 Å². The van der Waals surface area contributed by atoms with Crippen molar-refractivity contribution in [3.8, 4) is 5.75 Å². The number of nitrogens with zero attached hydrogens (tertiary/aromatic N) is 1. The molecule has 2 fully saturated rings. The van der Waals surface area contributed by atoms with Gasteiger partial charge in [-0.3, -0.25) is 4.79 Å². The summed E-state index contributed by atoms with van der Waals surface area (Å²) in [6.07, 6.45) is 7.17. The molecule has 2 saturated carbocycles. The molecule has 3 aromatic carbocycles. The van der Waals surface area contributed by atoms with Crippen LogP contribution in [0, 0.1) is 11.8 Å². The van der Waals surface area contributed by atoms with Gasteiger partial charge < -0.3 is 25.0 Å². The van der Waals surface area contributed by atoms with Crippen LogP contribution in [0.3, 0.4) is 0 Å². The van der Waals surface area contributed by atoms with Crippen LogP contribution in [0.2, 0.25) is 0 Å². The number of aryl methyl sites for hydroxylation is 1. The second-order valence-corrected chi connectivity index (χ2v) is 11.9. The van der Waals surface area contributed by atoms with Gasteiger partial charge in [0.05, 0.1) is 28.3 Å². The summed E-state index contributed by atoms with van der Waals surface area (Å²) in [5.74, 6) is -3.35. The monoisotopic (exact) mass is 583 g/mol. The fourth-order valence-electron chi connectivity index (χ4n) is 7.26. The van der Waals surface area contributed by atoms with Gasteiger partial charge >= 0.3 is 17.9 Å². The van der Waals surface area contributed by atoms with Crippen molar-refractivity contribution < 1.29 is 39.2 Å². The van der Waals surface area contributed by atoms with Gasteiger partial charge in [0.15, 0.2) is 0 Å². The van der Waals surface area contributed by atoms with E-state index < -0.39 is 46.5 Å². The molecule has 3 aliphatic carbocycles. The second kappa shape index (κ2) is 11.6. The highest BCUT2D eigenvalue weighted by Crippen LogP contribution is 2.46. The predicted molar refractivity (Wildman–Crippen MR) is 156 cm³/mol. The number of aromatic carboxylic acids is 3. The van der Waals surface area contributed by atoms with E-state index >= 15 is 0 Å². The third-order valence-electron chi connectivity index (χ3n) is 9.27. The summed E-state index contributed by atoms with van der Waals surface area (Å²) in [5, 5.41) is 29.3. The number of amides is 1. The van der Waals surface area contributed by atoms with E-state index in [0.717, 1.165) is 59.8 Å². The lowest BCUT2D eigenvalue weighted by atomic mass is 9.86. The van der Waals surface area contributed by atoms with E-state index in [2.05, 4.69) is 0 Å². The summed E-state index contributed by atoms with van der Waals surface area (Å²) in [5.41, 5.74) is 0.564. The summed E-state index contributed by atoms with van der Waals surface area (Å²) in [6, 6.07) is 16.6. The molecule has 6 rings (SSSR count). The number of carbonyl (C=O) groups excluding carboxylic acids is 1. The summed E-state index contributed by atoms with van der Waals surface area (Å²) in [7, 11) is 0. The Morgan fingerprint density at radius 1 is 0.767 bits per heavy atom. The molecule has 0 aromatic heterocycles. The number of carbonyl (C=O) groups is 4. The topological polar surface area (TPSA) is 141 Å². The molecule has 9 nitrogen and oxygen atoms in total. The Hall–Kier alpha value is -4.66. The second-order valence-electron chi connectivity index (χ2n) is 11.9. The zero-order chi connectivity index (χ0) is 30.2. The molecule has 0 radical (unpaired) electrons. The number of fused-ring (bicyclic) bond motifs is 3. The molecule has 9 heteroatoms. The number of rotatable bonds is 9. The Labute approximate surface area is 248 Å². The van der Waals surface area contributed by atoms with E-state index in [9.17, 15) is 34.5 Å². The SMILES string of the molecule is O=C(O)c1cc(C(=O)O)c(C(=O)N(Cc2cccc(OC3CC4CCC3C4)c2)[C@H]2CCCc3ccccc32)cc1C(=O)O. The Kier molecular flexibility index (Phi) is 7.64. The summed E-state index contributed by atoms with van der Waals surface area (Å²) in [6.45, 7) is 0.119. The number of benzene rings is 3. The molecule has 0 heterocycles. The minimum Gasteiger partial charge on any atom is -0.490 e. The van der Waals surface area contributed by atoms with Gasteiger partial charge in [-0.1, -0.05) is 36.4 Å². The van der Waals surface area contributed by atoms with Gasteiger partial charge in [-0.05, 0) is 97.7 Å². The smallest absolute Gasteiger partial charge is 0.336 e. The van der Waals surface area contributed by atoms with Crippen LogP contribution in [0.1, 0.15) is 103 Å². The first-order valence-corrected chi connectivity index (χ1v) is 14.7. The lowest BCUT2D eigenvalue weighted by Crippen LogP contribution is -2.37. The molecule has 3 aliphatic rings. The van der Waals surface area contributed by atoms with Gasteiger partial charge in [0, 0.05) is 6.54 Å². The Morgan fingerprint density at radius 3 is 2.14 bits per heavy atom. The quantitative estimate of drug-likeness (QED) is 0.276. The van der Waals surface area contributed by atoms with Gasteiger partial charge in [0.25, 0.3) is 5.91 Å². The maximum atomic E-state index is 14.4. The maximum Gasteiger partial charge on any atom is 0.336 e. The highest BCUT2D eigenvalue weighted by atomic mass is 16.5. The number of carboxylic acids is 3. The zero-order valence-electron chi connectivity index (χ0n) is 23.6. The van der Waals surface area contributed by atoms with E-state index in [1.54, 1.807) is 4.90 Å². The Morgan fingerprint density at radius 2 is 1.47 bits per heavy atom. The third kappa shape index (κ3) is 5.59. The Balaban J connectivity index is 1.40. The molecule has 2 bridgehead atoms. The van der Waals surface area contributed by atoms with Crippen molar-refractivity contribution in [2.75, 3.05) is 0 Å². The molecular formula is C34H33NO8. The van der Waals surface area contributed by atoms with Gasteiger partial charge in [-0.15, -0.1) is 0 Å². The van der Waals surface area contributed by atoms with Crippen LogP contribution in [0.4, 0.5) is 0 Å². The lowest BCUT2D eigenvalue weighted by Gasteiger charge is -2.36. The molecule has 3 aromatic rings. The molecule has 43 heavy (non-hydrogen) atoms. The maximum absolute atomic E-state index is 14.4. The fourth-order valence-corrected chi connectivity index (χ4v) is 7.26. The molecular weight excluding hydrogens is 550 g/mol. The van der Waals surface area contributed by atoms with Crippen molar-refractivity contribution in [1.29, 1.82) is 0 Å². The van der Waals surface area contributed by atoms with Crippen LogP contribution in [0.25, 0.3) is 0 Å².